The van der Waals surface area contributed by atoms with Crippen LogP contribution >= 0.6 is 0 Å². The van der Waals surface area contributed by atoms with Crippen molar-refractivity contribution in [3.05, 3.63) is 298 Å². The van der Waals surface area contributed by atoms with E-state index in [1.54, 1.807) is 0 Å². The van der Waals surface area contributed by atoms with Gasteiger partial charge in [0.05, 0.1) is 11.6 Å². The van der Waals surface area contributed by atoms with Crippen LogP contribution in [0.2, 0.25) is 0 Å². The Labute approximate surface area is 740 Å². The van der Waals surface area contributed by atoms with Crippen LogP contribution < -0.4 is 11.5 Å². The standard InChI is InChI=1S/C14H22.C13H21N.C13H17N.4C13H20.C12H19N.C12H18O/c1-7-12-8-10(2)13(11(3)9-12)14(4,5)6;1-9-6-11(8-14)7-10(2)12(9)13(3,4)5;1-9-6-7-11(8-14)12(10(9)2)13(3,4)5;2*1-9-7-10(2)12(11(3)8-9)13(4,5)6;2*1-9-7-8-10(2)12(11(9)3)13(4,5)6;2*1-8-6-10(13)7-9(2)11(8)12(3,4)5/h8-9H,7H2,1-6H3;6-7H,8,14H2,1-5H3;6-7H,1-5H3;4*7-8H,1-6H3;6-7H,13H2,1-5H3;6-7,13H,1-5H3. The average Bonchev–Trinajstić information content (AvgIpc) is 0.808. The number of phenolic OH excluding ortho intramolecular Hbond substituents is 1. The van der Waals surface area contributed by atoms with E-state index in [1.807, 2.05) is 50.2 Å². The van der Waals surface area contributed by atoms with Gasteiger partial charge in [-0.25, -0.2) is 0 Å². The number of nitriles is 1. The Bertz CT molecular complexity index is 4380. The lowest BCUT2D eigenvalue weighted by atomic mass is 9.80. The maximum absolute atomic E-state index is 9.38. The zero-order chi connectivity index (χ0) is 94.1. The highest BCUT2D eigenvalue weighted by atomic mass is 16.3. The van der Waals surface area contributed by atoms with Crippen molar-refractivity contribution < 1.29 is 5.11 Å². The van der Waals surface area contributed by atoms with Gasteiger partial charge in [0.15, 0.2) is 0 Å². The van der Waals surface area contributed by atoms with Crippen molar-refractivity contribution in [2.24, 2.45) is 5.73 Å². The van der Waals surface area contributed by atoms with Gasteiger partial charge in [-0.05, 0) is 410 Å². The zero-order valence-corrected chi connectivity index (χ0v) is 86.9. The Kier molecular flexibility index (Phi) is 40.2. The van der Waals surface area contributed by atoms with Gasteiger partial charge in [-0.2, -0.15) is 5.26 Å². The lowest BCUT2D eigenvalue weighted by Gasteiger charge is -2.25. The number of hydrogen-bond donors (Lipinski definition) is 3. The Morgan fingerprint density at radius 2 is 0.442 bits per heavy atom. The van der Waals surface area contributed by atoms with E-state index in [2.05, 4.69) is 411 Å². The van der Waals surface area contributed by atoms with Crippen molar-refractivity contribution in [3.8, 4) is 11.8 Å². The molecule has 0 fully saturated rings. The van der Waals surface area contributed by atoms with E-state index in [-0.39, 0.29) is 48.7 Å². The SMILES string of the molecule is CCc1cc(C)c(C(C)(C)C)c(C)c1.Cc1cc(C)c(C(C)(C)C)c(C)c1.Cc1cc(C)c(C(C)(C)C)c(C)c1.Cc1cc(CN)cc(C)c1C(C)(C)C.Cc1cc(N)cc(C)c1C(C)(C)C.Cc1cc(O)cc(C)c1C(C)(C)C.Cc1ccc(C#N)c(C(C)(C)C)c1C.Cc1ccc(C)c(C(C)(C)C)c1C.Cc1ccc(C)c(C(C)(C)C)c1C. The maximum Gasteiger partial charge on any atom is 0.116 e. The molecular formula is C116H177N3O. The molecule has 0 heterocycles. The van der Waals surface area contributed by atoms with Crippen molar-refractivity contribution in [1.29, 1.82) is 5.26 Å². The molecule has 0 aliphatic rings. The van der Waals surface area contributed by atoms with E-state index in [4.69, 9.17) is 16.7 Å². The highest BCUT2D eigenvalue weighted by molar-refractivity contribution is 5.53. The van der Waals surface area contributed by atoms with Crippen molar-refractivity contribution in [2.75, 3.05) is 5.73 Å². The first-order valence-electron chi connectivity index (χ1n) is 44.5. The number of rotatable bonds is 2. The minimum absolute atomic E-state index is 0.0428. The summed E-state index contributed by atoms with van der Waals surface area (Å²) < 4.78 is 0. The second kappa shape index (κ2) is 43.9. The molecule has 662 valence electrons. The van der Waals surface area contributed by atoms with Crippen LogP contribution in [0.1, 0.15) is 383 Å². The van der Waals surface area contributed by atoms with Gasteiger partial charge in [0.2, 0.25) is 0 Å². The second-order valence-electron chi connectivity index (χ2n) is 44.5. The summed E-state index contributed by atoms with van der Waals surface area (Å²) in [6, 6.07) is 41.0. The molecule has 9 rings (SSSR count). The molecule has 0 saturated heterocycles. The Morgan fingerprint density at radius 1 is 0.250 bits per heavy atom. The molecule has 0 aromatic heterocycles. The van der Waals surface area contributed by atoms with Crippen molar-refractivity contribution in [2.45, 2.75) is 408 Å². The number of benzene rings is 9. The summed E-state index contributed by atoms with van der Waals surface area (Å²) in [5, 5.41) is 18.4. The summed E-state index contributed by atoms with van der Waals surface area (Å²) in [4.78, 5) is 0. The molecule has 9 aromatic rings. The monoisotopic (exact) mass is 1630 g/mol. The molecular weight excluding hydrogens is 1450 g/mol. The predicted molar refractivity (Wildman–Crippen MR) is 539 cm³/mol. The van der Waals surface area contributed by atoms with E-state index in [0.29, 0.717) is 12.3 Å². The van der Waals surface area contributed by atoms with Crippen LogP contribution in [0, 0.1) is 164 Å². The molecule has 9 aromatic carbocycles. The summed E-state index contributed by atoms with van der Waals surface area (Å²) in [5.74, 6) is 0.364. The Hall–Kier alpha value is -7.97. The van der Waals surface area contributed by atoms with E-state index in [0.717, 1.165) is 17.7 Å². The fraction of sp³-hybridized carbons (Fsp3) is 0.526. The highest BCUT2D eigenvalue weighted by Crippen LogP contribution is 2.38. The van der Waals surface area contributed by atoms with Crippen molar-refractivity contribution >= 4 is 5.69 Å². The van der Waals surface area contributed by atoms with E-state index >= 15 is 0 Å². The number of nitrogen functional groups attached to an aromatic ring is 1. The van der Waals surface area contributed by atoms with Crippen molar-refractivity contribution in [1.82, 2.24) is 0 Å². The summed E-state index contributed by atoms with van der Waals surface area (Å²) in [5.41, 5.74) is 60.6. The third-order valence-electron chi connectivity index (χ3n) is 22.8. The highest BCUT2D eigenvalue weighted by Gasteiger charge is 2.27. The molecule has 0 radical (unpaired) electrons. The Balaban J connectivity index is 0.000000675. The largest absolute Gasteiger partial charge is 0.508 e. The maximum atomic E-state index is 9.38. The van der Waals surface area contributed by atoms with E-state index in [9.17, 15) is 5.11 Å². The molecule has 120 heavy (non-hydrogen) atoms. The number of aromatic hydroxyl groups is 1. The predicted octanol–water partition coefficient (Wildman–Crippen LogP) is 32.8. The van der Waals surface area contributed by atoms with Gasteiger partial charge in [-0.1, -0.05) is 284 Å². The minimum Gasteiger partial charge on any atom is -0.508 e. The third-order valence-corrected chi connectivity index (χ3v) is 22.8. The number of nitrogens with two attached hydrogens (primary N) is 2. The Morgan fingerprint density at radius 3 is 0.650 bits per heavy atom. The van der Waals surface area contributed by atoms with Gasteiger partial charge in [-0.3, -0.25) is 0 Å². The van der Waals surface area contributed by atoms with Gasteiger partial charge in [0.25, 0.3) is 0 Å². The summed E-state index contributed by atoms with van der Waals surface area (Å²) >= 11 is 0. The number of nitrogens with zero attached hydrogens (tertiary/aromatic N) is 1. The average molecular weight is 1630 g/mol. The fourth-order valence-electron chi connectivity index (χ4n) is 19.9. The van der Waals surface area contributed by atoms with Crippen LogP contribution in [-0.4, -0.2) is 5.11 Å². The first kappa shape index (κ1) is 110. The normalized spacial score (nSPS) is 11.8. The molecule has 0 unspecified atom stereocenters. The van der Waals surface area contributed by atoms with Crippen LogP contribution in [0.4, 0.5) is 5.69 Å². The van der Waals surface area contributed by atoms with Gasteiger partial charge in [0, 0.05) is 12.2 Å². The van der Waals surface area contributed by atoms with Crippen LogP contribution in [0.15, 0.2) is 109 Å². The minimum atomic E-state index is 0.0428. The second-order valence-corrected chi connectivity index (χ2v) is 44.5. The molecule has 0 saturated carbocycles. The molecule has 0 spiro atoms. The molecule has 4 heteroatoms. The first-order chi connectivity index (χ1) is 54.0. The van der Waals surface area contributed by atoms with E-state index < -0.39 is 0 Å². The lowest BCUT2D eigenvalue weighted by Crippen LogP contribution is -2.16. The number of aryl methyl sites for hydroxylation is 20. The first-order valence-corrected chi connectivity index (χ1v) is 44.5. The summed E-state index contributed by atoms with van der Waals surface area (Å²) in [7, 11) is 0. The molecule has 4 nitrogen and oxygen atoms in total. The number of anilines is 1. The van der Waals surface area contributed by atoms with Crippen LogP contribution in [0.25, 0.3) is 0 Å². The molecule has 0 atom stereocenters. The smallest absolute Gasteiger partial charge is 0.116 e. The molecule has 0 amide bonds. The summed E-state index contributed by atoms with van der Waals surface area (Å²) in [6.07, 6.45) is 1.13. The van der Waals surface area contributed by atoms with Gasteiger partial charge >= 0.3 is 0 Å². The van der Waals surface area contributed by atoms with Crippen LogP contribution in [-0.2, 0) is 61.7 Å². The zero-order valence-electron chi connectivity index (χ0n) is 86.9. The molecule has 0 aliphatic heterocycles. The van der Waals surface area contributed by atoms with E-state index in [1.165, 1.54) is 184 Å². The number of hydrogen-bond acceptors (Lipinski definition) is 4. The van der Waals surface area contributed by atoms with Crippen LogP contribution in [0.5, 0.6) is 5.75 Å². The van der Waals surface area contributed by atoms with Crippen molar-refractivity contribution in [3.63, 3.8) is 0 Å². The molecule has 0 bridgehead atoms. The third kappa shape index (κ3) is 33.0. The topological polar surface area (TPSA) is 96.1 Å². The lowest BCUT2D eigenvalue weighted by molar-refractivity contribution is 0.472. The summed E-state index contributed by atoms with van der Waals surface area (Å²) in [6.45, 7) is 111. The molecule has 0 aliphatic carbocycles. The quantitative estimate of drug-likeness (QED) is 0.150. The van der Waals surface area contributed by atoms with Gasteiger partial charge in [-0.15, -0.1) is 0 Å². The van der Waals surface area contributed by atoms with Crippen LogP contribution in [0.3, 0.4) is 0 Å². The van der Waals surface area contributed by atoms with Gasteiger partial charge < -0.3 is 16.6 Å². The molecule has 5 N–H and O–H groups in total. The number of phenols is 1. The van der Waals surface area contributed by atoms with Gasteiger partial charge in [0.1, 0.15) is 5.75 Å². The fourth-order valence-corrected chi connectivity index (χ4v) is 19.9.